The third kappa shape index (κ3) is 3.48. The maximum Gasteiger partial charge on any atom is 0.0747 e. The Morgan fingerprint density at radius 3 is 2.43 bits per heavy atom. The smallest absolute Gasteiger partial charge is 0.0747 e. The van der Waals surface area contributed by atoms with Crippen molar-refractivity contribution in [2.75, 3.05) is 0 Å². The number of benzene rings is 1. The molecule has 0 spiro atoms. The molecule has 28 heavy (non-hydrogen) atoms. The van der Waals surface area contributed by atoms with Crippen LogP contribution in [0.3, 0.4) is 0 Å². The largest absolute Gasteiger partial charge is 0.398 e. The van der Waals surface area contributed by atoms with Crippen LogP contribution in [-0.4, -0.2) is 4.98 Å². The predicted octanol–water partition coefficient (Wildman–Crippen LogP) is 6.65. The van der Waals surface area contributed by atoms with Gasteiger partial charge in [0.05, 0.1) is 5.69 Å². The predicted molar refractivity (Wildman–Crippen MR) is 122 cm³/mol. The molecule has 3 heteroatoms. The van der Waals surface area contributed by atoms with E-state index in [-0.39, 0.29) is 0 Å². The molecule has 0 saturated carbocycles. The average molecular weight is 384 g/mol. The fourth-order valence-corrected chi connectivity index (χ4v) is 6.97. The molecule has 2 nitrogen and oxygen atoms in total. The van der Waals surface area contributed by atoms with Crippen LogP contribution in [0.1, 0.15) is 29.3 Å². The van der Waals surface area contributed by atoms with Gasteiger partial charge in [-0.1, -0.05) is 68.7 Å². The molecule has 140 valence electrons. The zero-order chi connectivity index (χ0) is 19.3. The van der Waals surface area contributed by atoms with Gasteiger partial charge in [0, 0.05) is 22.5 Å². The van der Waals surface area contributed by atoms with Gasteiger partial charge in [-0.2, -0.15) is 0 Å². The summed E-state index contributed by atoms with van der Waals surface area (Å²) >= 11 is 0. The number of nitrogens with two attached hydrogens (primary N) is 1. The molecule has 0 radical (unpaired) electrons. The van der Waals surface area contributed by atoms with E-state index in [1.807, 2.05) is 30.5 Å². The Bertz CT molecular complexity index is 1030. The third-order valence-corrected chi connectivity index (χ3v) is 7.94. The quantitative estimate of drug-likeness (QED) is 0.501. The highest BCUT2D eigenvalue weighted by atomic mass is 31.1. The van der Waals surface area contributed by atoms with E-state index in [0.29, 0.717) is 0 Å². The second kappa shape index (κ2) is 8.46. The standard InChI is InChI=1S/C25H25N2P/c1-2-3-5-16-22(26)24-20-14-8-9-15-21(20)25(23-17-10-11-18-27-23)28(24)19-12-6-4-7-13-19/h2-7,10-13,16-18H,1,8-9,14-15,26H2/b5-3-,22-16-. The van der Waals surface area contributed by atoms with Crippen LogP contribution in [0.4, 0.5) is 0 Å². The van der Waals surface area contributed by atoms with E-state index in [9.17, 15) is 0 Å². The van der Waals surface area contributed by atoms with E-state index in [1.165, 1.54) is 39.9 Å². The molecule has 0 bridgehead atoms. The van der Waals surface area contributed by atoms with Crippen LogP contribution in [0.5, 0.6) is 0 Å². The van der Waals surface area contributed by atoms with Gasteiger partial charge < -0.3 is 5.73 Å². The number of rotatable bonds is 5. The number of allylic oxidation sites excluding steroid dienone is 4. The maximum absolute atomic E-state index is 6.68. The van der Waals surface area contributed by atoms with Crippen LogP contribution < -0.4 is 5.73 Å². The van der Waals surface area contributed by atoms with Crippen LogP contribution in [0.25, 0.3) is 22.0 Å². The first-order chi connectivity index (χ1) is 13.8. The van der Waals surface area contributed by atoms with Crippen LogP contribution in [0, 0.1) is 0 Å². The zero-order valence-corrected chi connectivity index (χ0v) is 16.9. The Kier molecular flexibility index (Phi) is 5.60. The number of hydrogen-bond acceptors (Lipinski definition) is 2. The summed E-state index contributed by atoms with van der Waals surface area (Å²) in [5.41, 5.74) is 11.6. The first kappa shape index (κ1) is 18.5. The Labute approximate surface area is 168 Å². The molecule has 2 aromatic heterocycles. The third-order valence-electron chi connectivity index (χ3n) is 5.21. The van der Waals surface area contributed by atoms with Crippen molar-refractivity contribution in [2.45, 2.75) is 25.7 Å². The molecule has 2 N–H and O–H groups in total. The Balaban J connectivity index is 2.05. The molecule has 0 fully saturated rings. The molecule has 0 amide bonds. The fraction of sp³-hybridized carbons (Fsp3) is 0.160. The molecule has 1 aliphatic rings. The van der Waals surface area contributed by atoms with E-state index in [4.69, 9.17) is 10.7 Å². The highest BCUT2D eigenvalue weighted by Gasteiger charge is 2.28. The SMILES string of the molecule is C=C/C=C\C=C(/N)c1c2c(c(-c3ccccn3)p1-c1ccccc1)CCCC2. The van der Waals surface area contributed by atoms with Crippen LogP contribution in [0.15, 0.2) is 85.6 Å². The van der Waals surface area contributed by atoms with Crippen molar-refractivity contribution in [1.29, 1.82) is 0 Å². The number of fused-ring (bicyclic) bond motifs is 1. The van der Waals surface area contributed by atoms with E-state index in [1.54, 1.807) is 6.08 Å². The van der Waals surface area contributed by atoms with E-state index < -0.39 is 7.53 Å². The lowest BCUT2D eigenvalue weighted by Crippen LogP contribution is -2.04. The van der Waals surface area contributed by atoms with E-state index in [2.05, 4.69) is 49.0 Å². The van der Waals surface area contributed by atoms with Gasteiger partial charge >= 0.3 is 0 Å². The first-order valence-corrected chi connectivity index (χ1v) is 11.1. The molecule has 4 rings (SSSR count). The second-order valence-corrected chi connectivity index (χ2v) is 9.07. The van der Waals surface area contributed by atoms with Gasteiger partial charge in [0.1, 0.15) is 0 Å². The van der Waals surface area contributed by atoms with Crippen molar-refractivity contribution in [2.24, 2.45) is 5.73 Å². The lowest BCUT2D eigenvalue weighted by atomic mass is 9.91. The first-order valence-electron chi connectivity index (χ1n) is 9.79. The molecule has 0 aliphatic heterocycles. The summed E-state index contributed by atoms with van der Waals surface area (Å²) in [7, 11) is -0.710. The van der Waals surface area contributed by atoms with Crippen LogP contribution in [-0.2, 0) is 12.8 Å². The minimum atomic E-state index is -0.710. The van der Waals surface area contributed by atoms with Crippen LogP contribution >= 0.6 is 7.53 Å². The highest BCUT2D eigenvalue weighted by molar-refractivity contribution is 7.61. The van der Waals surface area contributed by atoms with Crippen LogP contribution in [0.2, 0.25) is 0 Å². The summed E-state index contributed by atoms with van der Waals surface area (Å²) < 4.78 is 0. The lowest BCUT2D eigenvalue weighted by molar-refractivity contribution is 0.689. The second-order valence-electron chi connectivity index (χ2n) is 6.99. The van der Waals surface area contributed by atoms with Gasteiger partial charge in [-0.25, -0.2) is 0 Å². The van der Waals surface area contributed by atoms with Crippen molar-refractivity contribution in [3.05, 3.63) is 102 Å². The van der Waals surface area contributed by atoms with Crippen molar-refractivity contribution < 1.29 is 0 Å². The molecule has 1 atom stereocenters. The summed E-state index contributed by atoms with van der Waals surface area (Å²) in [5, 5.41) is 4.06. The zero-order valence-electron chi connectivity index (χ0n) is 16.0. The van der Waals surface area contributed by atoms with E-state index >= 15 is 0 Å². The van der Waals surface area contributed by atoms with Gasteiger partial charge in [-0.3, -0.25) is 4.98 Å². The summed E-state index contributed by atoms with van der Waals surface area (Å²) in [4.78, 5) is 4.74. The molecule has 1 unspecified atom stereocenters. The Hall–Kier alpha value is -2.83. The summed E-state index contributed by atoms with van der Waals surface area (Å²) in [5.74, 6) is 0. The van der Waals surface area contributed by atoms with Gasteiger partial charge in [-0.05, 0) is 60.3 Å². The minimum Gasteiger partial charge on any atom is -0.398 e. The van der Waals surface area contributed by atoms with Crippen molar-refractivity contribution in [3.63, 3.8) is 0 Å². The van der Waals surface area contributed by atoms with Gasteiger partial charge in [0.2, 0.25) is 0 Å². The summed E-state index contributed by atoms with van der Waals surface area (Å²) in [6.45, 7) is 3.75. The maximum atomic E-state index is 6.68. The Morgan fingerprint density at radius 2 is 1.71 bits per heavy atom. The number of pyridine rings is 1. The molecule has 3 aromatic rings. The average Bonchev–Trinajstić information content (AvgIpc) is 3.10. The van der Waals surface area contributed by atoms with Crippen molar-refractivity contribution in [1.82, 2.24) is 4.98 Å². The van der Waals surface area contributed by atoms with Gasteiger partial charge in [-0.15, -0.1) is 0 Å². The summed E-state index contributed by atoms with van der Waals surface area (Å²) in [6.07, 6.45) is 14.3. The lowest BCUT2D eigenvalue weighted by Gasteiger charge is -2.14. The van der Waals surface area contributed by atoms with Crippen molar-refractivity contribution in [3.8, 4) is 16.3 Å². The fourth-order valence-electron chi connectivity index (χ4n) is 4.04. The minimum absolute atomic E-state index is 0.710. The van der Waals surface area contributed by atoms with Crippen molar-refractivity contribution >= 4 is 13.2 Å². The summed E-state index contributed by atoms with van der Waals surface area (Å²) in [6, 6.07) is 17.0. The molecule has 0 saturated heterocycles. The van der Waals surface area contributed by atoms with Gasteiger partial charge in [0.25, 0.3) is 0 Å². The number of aromatic nitrogens is 1. The van der Waals surface area contributed by atoms with Gasteiger partial charge in [0.15, 0.2) is 0 Å². The monoisotopic (exact) mass is 384 g/mol. The Morgan fingerprint density at radius 1 is 0.964 bits per heavy atom. The molecular formula is C25H25N2P. The number of hydrogen-bond donors (Lipinski definition) is 1. The topological polar surface area (TPSA) is 38.9 Å². The molecule has 1 aliphatic carbocycles. The highest BCUT2D eigenvalue weighted by Crippen LogP contribution is 2.59. The molecular weight excluding hydrogens is 359 g/mol. The normalized spacial score (nSPS) is 14.9. The molecule has 2 heterocycles. The number of nitrogens with zero attached hydrogens (tertiary/aromatic N) is 1. The van der Waals surface area contributed by atoms with E-state index in [0.717, 1.165) is 24.2 Å². The molecule has 1 aromatic carbocycles.